The van der Waals surface area contributed by atoms with Crippen LogP contribution < -0.4 is 9.80 Å². The highest BCUT2D eigenvalue weighted by Crippen LogP contribution is 2.24. The van der Waals surface area contributed by atoms with E-state index in [1.165, 1.54) is 6.33 Å². The second-order valence-corrected chi connectivity index (χ2v) is 6.58. The quantitative estimate of drug-likeness (QED) is 0.690. The Labute approximate surface area is 148 Å². The molecule has 1 aliphatic rings. The molecule has 0 radical (unpaired) electrons. The van der Waals surface area contributed by atoms with Gasteiger partial charge in [0.1, 0.15) is 18.0 Å². The largest absolute Gasteiger partial charge is 0.395 e. The summed E-state index contributed by atoms with van der Waals surface area (Å²) in [7, 11) is 0. The number of aliphatic hydroxyl groups excluding tert-OH is 2. The molecule has 2 aromatic heterocycles. The average Bonchev–Trinajstić information content (AvgIpc) is 3.09. The van der Waals surface area contributed by atoms with Gasteiger partial charge in [-0.25, -0.2) is 0 Å². The van der Waals surface area contributed by atoms with Crippen LogP contribution in [0.1, 0.15) is 39.0 Å². The third kappa shape index (κ3) is 4.19. The lowest BCUT2D eigenvalue weighted by Gasteiger charge is -2.31. The summed E-state index contributed by atoms with van der Waals surface area (Å²) in [6.45, 7) is 5.27. The van der Waals surface area contributed by atoms with Gasteiger partial charge < -0.3 is 20.0 Å². The fourth-order valence-corrected chi connectivity index (χ4v) is 3.28. The molecule has 25 heavy (non-hydrogen) atoms. The summed E-state index contributed by atoms with van der Waals surface area (Å²) in [5, 5.41) is 23.5. The Morgan fingerprint density at radius 2 is 2.04 bits per heavy atom. The van der Waals surface area contributed by atoms with Gasteiger partial charge in [0.15, 0.2) is 0 Å². The van der Waals surface area contributed by atoms with Gasteiger partial charge in [0.05, 0.1) is 12.7 Å². The zero-order valence-electron chi connectivity index (χ0n) is 14.9. The van der Waals surface area contributed by atoms with Crippen LogP contribution in [0, 0.1) is 0 Å². The summed E-state index contributed by atoms with van der Waals surface area (Å²) < 4.78 is 1.74. The minimum Gasteiger partial charge on any atom is -0.395 e. The molecule has 0 unspecified atom stereocenters. The second-order valence-electron chi connectivity index (χ2n) is 6.58. The van der Waals surface area contributed by atoms with Crippen molar-refractivity contribution in [2.75, 3.05) is 42.6 Å². The lowest BCUT2D eigenvalue weighted by atomic mass is 10.1. The van der Waals surface area contributed by atoms with E-state index in [2.05, 4.69) is 31.8 Å². The highest BCUT2D eigenvalue weighted by atomic mass is 16.3. The van der Waals surface area contributed by atoms with E-state index in [9.17, 15) is 10.2 Å². The number of aromatic nitrogens is 4. The number of piperidine rings is 1. The normalized spacial score (nSPS) is 15.9. The summed E-state index contributed by atoms with van der Waals surface area (Å²) in [5.41, 5.74) is 0. The number of nitrogens with zero attached hydrogens (tertiary/aromatic N) is 6. The molecule has 0 bridgehead atoms. The summed E-state index contributed by atoms with van der Waals surface area (Å²) in [6.07, 6.45) is 6.19. The topological polar surface area (TPSA) is 90.0 Å². The van der Waals surface area contributed by atoms with Gasteiger partial charge in [-0.15, -0.1) is 0 Å². The number of unbranched alkanes of at least 4 members (excludes halogenated alkanes) is 2. The first kappa shape index (κ1) is 17.9. The zero-order valence-corrected chi connectivity index (χ0v) is 14.9. The van der Waals surface area contributed by atoms with Crippen molar-refractivity contribution >= 4 is 17.4 Å². The van der Waals surface area contributed by atoms with Crippen molar-refractivity contribution < 1.29 is 10.2 Å². The maximum absolute atomic E-state index is 9.74. The van der Waals surface area contributed by atoms with E-state index in [0.29, 0.717) is 12.3 Å². The monoisotopic (exact) mass is 348 g/mol. The highest BCUT2D eigenvalue weighted by Gasteiger charge is 2.21. The summed E-state index contributed by atoms with van der Waals surface area (Å²) in [4.78, 5) is 13.2. The third-order valence-corrected chi connectivity index (χ3v) is 4.73. The fourth-order valence-electron chi connectivity index (χ4n) is 3.28. The van der Waals surface area contributed by atoms with E-state index in [4.69, 9.17) is 0 Å². The number of hydrogen-bond donors (Lipinski definition) is 2. The molecule has 0 amide bonds. The summed E-state index contributed by atoms with van der Waals surface area (Å²) >= 11 is 0. The lowest BCUT2D eigenvalue weighted by Crippen LogP contribution is -2.37. The van der Waals surface area contributed by atoms with Crippen molar-refractivity contribution in [1.29, 1.82) is 0 Å². The molecule has 3 heterocycles. The minimum atomic E-state index is -0.215. The van der Waals surface area contributed by atoms with E-state index in [1.54, 1.807) is 4.52 Å². The molecule has 1 aliphatic heterocycles. The maximum atomic E-state index is 9.74. The molecule has 3 rings (SSSR count). The van der Waals surface area contributed by atoms with Gasteiger partial charge in [0, 0.05) is 32.2 Å². The van der Waals surface area contributed by atoms with Crippen LogP contribution in [-0.2, 0) is 0 Å². The first-order valence-corrected chi connectivity index (χ1v) is 9.22. The minimum absolute atomic E-state index is 0.0931. The van der Waals surface area contributed by atoms with Crippen molar-refractivity contribution in [3.05, 3.63) is 12.4 Å². The van der Waals surface area contributed by atoms with E-state index < -0.39 is 0 Å². The van der Waals surface area contributed by atoms with Gasteiger partial charge in [-0.3, -0.25) is 0 Å². The van der Waals surface area contributed by atoms with Crippen LogP contribution in [0.25, 0.3) is 5.78 Å². The van der Waals surface area contributed by atoms with Crippen molar-refractivity contribution in [1.82, 2.24) is 19.6 Å². The molecule has 2 aromatic rings. The lowest BCUT2D eigenvalue weighted by molar-refractivity contribution is 0.145. The third-order valence-electron chi connectivity index (χ3n) is 4.73. The Hall–Kier alpha value is -1.93. The van der Waals surface area contributed by atoms with E-state index in [-0.39, 0.29) is 12.7 Å². The molecule has 138 valence electrons. The number of anilines is 2. The van der Waals surface area contributed by atoms with Crippen LogP contribution in [0.5, 0.6) is 0 Å². The molecule has 0 saturated carbocycles. The smallest absolute Gasteiger partial charge is 0.256 e. The average molecular weight is 348 g/mol. The van der Waals surface area contributed by atoms with E-state index in [0.717, 1.165) is 63.4 Å². The first-order chi connectivity index (χ1) is 12.2. The zero-order chi connectivity index (χ0) is 17.6. The number of aliphatic hydroxyl groups is 2. The van der Waals surface area contributed by atoms with Crippen LogP contribution in [0.2, 0.25) is 0 Å². The predicted molar refractivity (Wildman–Crippen MR) is 97.1 cm³/mol. The fraction of sp³-hybridized carbons (Fsp3) is 0.706. The van der Waals surface area contributed by atoms with Crippen molar-refractivity contribution in [2.24, 2.45) is 0 Å². The number of fused-ring (bicyclic) bond motifs is 1. The molecule has 0 spiro atoms. The molecular formula is C17H28N6O2. The Morgan fingerprint density at radius 1 is 1.24 bits per heavy atom. The Balaban J connectivity index is 1.90. The molecule has 8 heteroatoms. The molecule has 8 nitrogen and oxygen atoms in total. The van der Waals surface area contributed by atoms with Gasteiger partial charge in [0.25, 0.3) is 5.78 Å². The molecule has 1 saturated heterocycles. The van der Waals surface area contributed by atoms with Gasteiger partial charge in [-0.05, 0) is 19.3 Å². The van der Waals surface area contributed by atoms with Crippen LogP contribution in [0.15, 0.2) is 12.4 Å². The van der Waals surface area contributed by atoms with Gasteiger partial charge in [-0.2, -0.15) is 19.6 Å². The molecular weight excluding hydrogens is 320 g/mol. The molecule has 1 fully saturated rings. The molecule has 2 N–H and O–H groups in total. The van der Waals surface area contributed by atoms with Crippen LogP contribution in [0.3, 0.4) is 0 Å². The van der Waals surface area contributed by atoms with E-state index in [1.807, 2.05) is 6.07 Å². The summed E-state index contributed by atoms with van der Waals surface area (Å²) in [6, 6.07) is 2.03. The summed E-state index contributed by atoms with van der Waals surface area (Å²) in [5.74, 6) is 2.34. The maximum Gasteiger partial charge on any atom is 0.256 e. The van der Waals surface area contributed by atoms with Gasteiger partial charge in [-0.1, -0.05) is 19.8 Å². The highest BCUT2D eigenvalue weighted by molar-refractivity contribution is 5.57. The first-order valence-electron chi connectivity index (χ1n) is 9.22. The van der Waals surface area contributed by atoms with Crippen molar-refractivity contribution in [2.45, 2.75) is 45.1 Å². The Kier molecular flexibility index (Phi) is 6.04. The van der Waals surface area contributed by atoms with Crippen LogP contribution >= 0.6 is 0 Å². The second kappa shape index (κ2) is 8.44. The van der Waals surface area contributed by atoms with Gasteiger partial charge >= 0.3 is 0 Å². The van der Waals surface area contributed by atoms with E-state index >= 15 is 0 Å². The van der Waals surface area contributed by atoms with Crippen molar-refractivity contribution in [3.8, 4) is 0 Å². The standard InChI is InChI=1S/C17H28N6O2/c1-2-3-4-7-22(10-11-24)16-12-15(20-17-18-13-19-23(16)17)21-8-5-14(25)6-9-21/h12-14,24-25H,2-11H2,1H3. The van der Waals surface area contributed by atoms with Crippen LogP contribution in [0.4, 0.5) is 11.6 Å². The number of rotatable bonds is 8. The molecule has 0 aliphatic carbocycles. The Bertz CT molecular complexity index is 668. The number of hydrogen-bond acceptors (Lipinski definition) is 7. The van der Waals surface area contributed by atoms with Gasteiger partial charge in [0.2, 0.25) is 0 Å². The molecule has 0 atom stereocenters. The van der Waals surface area contributed by atoms with Crippen molar-refractivity contribution in [3.63, 3.8) is 0 Å². The molecule has 0 aromatic carbocycles. The SMILES string of the molecule is CCCCCN(CCO)c1cc(N2CCC(O)CC2)nc2ncnn12. The van der Waals surface area contributed by atoms with Crippen LogP contribution in [-0.4, -0.2) is 68.7 Å². The predicted octanol–water partition coefficient (Wildman–Crippen LogP) is 1.07. The Morgan fingerprint density at radius 3 is 2.76 bits per heavy atom.